The van der Waals surface area contributed by atoms with Gasteiger partial charge >= 0.3 is 11.9 Å². The minimum atomic E-state index is -0.0472. The van der Waals surface area contributed by atoms with Crippen LogP contribution in [0.3, 0.4) is 0 Å². The summed E-state index contributed by atoms with van der Waals surface area (Å²) in [6, 6.07) is 0. The van der Waals surface area contributed by atoms with E-state index in [1.807, 2.05) is 0 Å². The molecule has 42 heavy (non-hydrogen) atoms. The molecule has 0 N–H and O–H groups in total. The van der Waals surface area contributed by atoms with Crippen molar-refractivity contribution >= 4 is 11.9 Å². The normalized spacial score (nSPS) is 19.0. The molecule has 2 rings (SSSR count). The summed E-state index contributed by atoms with van der Waals surface area (Å²) in [5.41, 5.74) is 8.56. The van der Waals surface area contributed by atoms with Crippen LogP contribution in [-0.2, 0) is 19.1 Å². The average Bonchev–Trinajstić information content (AvgIpc) is 2.96. The van der Waals surface area contributed by atoms with Crippen molar-refractivity contribution < 1.29 is 19.1 Å². The Morgan fingerprint density at radius 1 is 0.643 bits per heavy atom. The number of methoxy groups -OCH3 is 2. The van der Waals surface area contributed by atoms with Crippen molar-refractivity contribution in [2.75, 3.05) is 14.2 Å². The molecule has 0 heterocycles. The van der Waals surface area contributed by atoms with Crippen LogP contribution in [0.25, 0.3) is 0 Å². The van der Waals surface area contributed by atoms with Gasteiger partial charge < -0.3 is 9.47 Å². The van der Waals surface area contributed by atoms with Crippen LogP contribution >= 0.6 is 0 Å². The second-order valence-electron chi connectivity index (χ2n) is 12.5. The Hall–Kier alpha value is -2.62. The molecule has 0 bridgehead atoms. The highest BCUT2D eigenvalue weighted by molar-refractivity contribution is 5.73. The van der Waals surface area contributed by atoms with Gasteiger partial charge in [0.15, 0.2) is 0 Å². The lowest BCUT2D eigenvalue weighted by molar-refractivity contribution is -0.146. The molecular formula is C38H60O4. The van der Waals surface area contributed by atoms with E-state index in [9.17, 15) is 9.59 Å². The third-order valence-corrected chi connectivity index (χ3v) is 8.08. The first kappa shape index (κ1) is 37.4. The van der Waals surface area contributed by atoms with Gasteiger partial charge in [0, 0.05) is 0 Å². The van der Waals surface area contributed by atoms with Crippen LogP contribution in [0.1, 0.15) is 131 Å². The average molecular weight is 581 g/mol. The Morgan fingerprint density at radius 2 is 1.02 bits per heavy atom. The number of carbonyl (C=O) groups is 2. The zero-order chi connectivity index (χ0) is 31.3. The first-order chi connectivity index (χ1) is 20.0. The summed E-state index contributed by atoms with van der Waals surface area (Å²) < 4.78 is 9.72. The molecule has 2 aliphatic carbocycles. The Labute approximate surface area is 258 Å². The van der Waals surface area contributed by atoms with Gasteiger partial charge in [0.25, 0.3) is 0 Å². The van der Waals surface area contributed by atoms with Gasteiger partial charge in [-0.3, -0.25) is 9.59 Å². The number of hydrogen-bond donors (Lipinski definition) is 0. The number of rotatable bonds is 14. The molecule has 0 fully saturated rings. The van der Waals surface area contributed by atoms with Crippen LogP contribution in [0.5, 0.6) is 0 Å². The van der Waals surface area contributed by atoms with E-state index in [-0.39, 0.29) is 23.8 Å². The molecule has 2 unspecified atom stereocenters. The van der Waals surface area contributed by atoms with E-state index < -0.39 is 0 Å². The number of hydrogen-bond acceptors (Lipinski definition) is 4. The first-order valence-corrected chi connectivity index (χ1v) is 16.1. The molecule has 236 valence electrons. The van der Waals surface area contributed by atoms with Crippen LogP contribution in [0.4, 0.5) is 0 Å². The summed E-state index contributed by atoms with van der Waals surface area (Å²) in [6.45, 7) is 13.0. The van der Waals surface area contributed by atoms with E-state index in [4.69, 9.17) is 9.47 Å². The smallest absolute Gasteiger partial charge is 0.308 e. The Morgan fingerprint density at radius 3 is 1.36 bits per heavy atom. The summed E-state index contributed by atoms with van der Waals surface area (Å²) in [6.07, 6.45) is 28.5. The molecule has 0 saturated carbocycles. The molecule has 0 spiro atoms. The van der Waals surface area contributed by atoms with Crippen LogP contribution < -0.4 is 0 Å². The lowest BCUT2D eigenvalue weighted by Crippen LogP contribution is -2.19. The molecule has 2 aliphatic rings. The lowest BCUT2D eigenvalue weighted by Gasteiger charge is -2.20. The molecular weight excluding hydrogens is 520 g/mol. The van der Waals surface area contributed by atoms with Gasteiger partial charge in [0.05, 0.1) is 26.1 Å². The molecule has 0 saturated heterocycles. The summed E-state index contributed by atoms with van der Waals surface area (Å²) in [4.78, 5) is 23.2. The highest BCUT2D eigenvalue weighted by Crippen LogP contribution is 2.29. The fourth-order valence-corrected chi connectivity index (χ4v) is 5.51. The van der Waals surface area contributed by atoms with E-state index >= 15 is 0 Å². The third kappa shape index (κ3) is 17.4. The van der Waals surface area contributed by atoms with E-state index in [0.29, 0.717) is 0 Å². The summed E-state index contributed by atoms with van der Waals surface area (Å²) >= 11 is 0. The topological polar surface area (TPSA) is 52.6 Å². The second kappa shape index (κ2) is 22.0. The summed E-state index contributed by atoms with van der Waals surface area (Å²) in [5.74, 6) is 0.0681. The largest absolute Gasteiger partial charge is 0.469 e. The molecule has 0 aromatic heterocycles. The Balaban J connectivity index is 0.000000420. The van der Waals surface area contributed by atoms with Gasteiger partial charge in [-0.25, -0.2) is 0 Å². The van der Waals surface area contributed by atoms with E-state index in [1.165, 1.54) is 47.7 Å². The second-order valence-corrected chi connectivity index (χ2v) is 12.5. The van der Waals surface area contributed by atoms with Gasteiger partial charge in [-0.2, -0.15) is 0 Å². The van der Waals surface area contributed by atoms with Crippen molar-refractivity contribution in [2.24, 2.45) is 11.8 Å². The predicted molar refractivity (Wildman–Crippen MR) is 178 cm³/mol. The summed E-state index contributed by atoms with van der Waals surface area (Å²) in [7, 11) is 2.97. The molecule has 0 aliphatic heterocycles. The fraction of sp³-hybridized carbons (Fsp3) is 0.632. The molecule has 0 radical (unpaired) electrons. The van der Waals surface area contributed by atoms with E-state index in [2.05, 4.69) is 78.0 Å². The maximum absolute atomic E-state index is 11.6. The SMILES string of the molecule is COC(=O)C1CCC=C(CC/C=C(\C)CCC=C(C)C)C1.COC(=O)C1CCC=C(CC/C=C(\C)CCC=C(C)C)C1. The van der Waals surface area contributed by atoms with Gasteiger partial charge in [0.1, 0.15) is 0 Å². The highest BCUT2D eigenvalue weighted by Gasteiger charge is 2.23. The van der Waals surface area contributed by atoms with E-state index in [0.717, 1.165) is 89.9 Å². The Bertz CT molecular complexity index is 928. The van der Waals surface area contributed by atoms with Crippen molar-refractivity contribution in [3.63, 3.8) is 0 Å². The quantitative estimate of drug-likeness (QED) is 0.151. The monoisotopic (exact) mass is 580 g/mol. The van der Waals surface area contributed by atoms with Crippen LogP contribution in [0, 0.1) is 11.8 Å². The van der Waals surface area contributed by atoms with Crippen LogP contribution in [-0.4, -0.2) is 26.2 Å². The zero-order valence-corrected chi connectivity index (χ0v) is 28.2. The number of esters is 2. The minimum Gasteiger partial charge on any atom is -0.469 e. The zero-order valence-electron chi connectivity index (χ0n) is 28.2. The number of allylic oxidation sites excluding steroid dienone is 12. The van der Waals surface area contributed by atoms with Crippen molar-refractivity contribution in [2.45, 2.75) is 131 Å². The van der Waals surface area contributed by atoms with Gasteiger partial charge in [-0.1, -0.05) is 69.9 Å². The fourth-order valence-electron chi connectivity index (χ4n) is 5.51. The number of carbonyl (C=O) groups excluding carboxylic acids is 2. The maximum Gasteiger partial charge on any atom is 0.308 e. The van der Waals surface area contributed by atoms with Gasteiger partial charge in [-0.15, -0.1) is 0 Å². The maximum atomic E-state index is 11.6. The highest BCUT2D eigenvalue weighted by atomic mass is 16.5. The predicted octanol–water partition coefficient (Wildman–Crippen LogP) is 10.7. The molecule has 2 atom stereocenters. The Kier molecular flexibility index (Phi) is 19.6. The van der Waals surface area contributed by atoms with Crippen LogP contribution in [0.2, 0.25) is 0 Å². The molecule has 0 aromatic carbocycles. The van der Waals surface area contributed by atoms with Crippen molar-refractivity contribution in [3.8, 4) is 0 Å². The van der Waals surface area contributed by atoms with Crippen LogP contribution in [0.15, 0.2) is 69.9 Å². The van der Waals surface area contributed by atoms with Crippen molar-refractivity contribution in [1.29, 1.82) is 0 Å². The lowest BCUT2D eigenvalue weighted by atomic mass is 9.87. The minimum absolute atomic E-state index is 0.0472. The molecule has 4 nitrogen and oxygen atoms in total. The first-order valence-electron chi connectivity index (χ1n) is 16.1. The summed E-state index contributed by atoms with van der Waals surface area (Å²) in [5, 5.41) is 0. The molecule has 4 heteroatoms. The molecule has 0 aromatic rings. The van der Waals surface area contributed by atoms with Gasteiger partial charge in [-0.05, 0) is 131 Å². The standard InChI is InChI=1S/2C19H30O2/c2*1-15(2)8-5-9-16(3)10-6-11-17-12-7-13-18(14-17)19(20)21-4/h2*8,10,12,18H,5-7,9,11,13-14H2,1-4H3/b2*16-10+. The van der Waals surface area contributed by atoms with E-state index in [1.54, 1.807) is 0 Å². The van der Waals surface area contributed by atoms with Gasteiger partial charge in [0.2, 0.25) is 0 Å². The van der Waals surface area contributed by atoms with Crippen molar-refractivity contribution in [1.82, 2.24) is 0 Å². The molecule has 0 amide bonds. The van der Waals surface area contributed by atoms with Crippen molar-refractivity contribution in [3.05, 3.63) is 69.9 Å². The number of ether oxygens (including phenoxy) is 2. The third-order valence-electron chi connectivity index (χ3n) is 8.08.